The minimum Gasteiger partial charge on any atom is -0.334 e. The van der Waals surface area contributed by atoms with Gasteiger partial charge in [-0.1, -0.05) is 24.3 Å². The van der Waals surface area contributed by atoms with Gasteiger partial charge in [0.2, 0.25) is 0 Å². The Morgan fingerprint density at radius 1 is 0.871 bits per heavy atom. The van der Waals surface area contributed by atoms with E-state index in [0.717, 1.165) is 11.6 Å². The van der Waals surface area contributed by atoms with E-state index in [9.17, 15) is 18.4 Å². The number of carbonyl (C=O) groups excluding carboxylic acids is 2. The number of hydrogen-bond donors (Lipinski definition) is 2. The standard InChI is InChI=1S/C24H23F2N3O2/c25-20-8-2-6-18(14-20)23(30)28-22-10-1-5-17(13-22)16-29(12-4-11-27)24(31)19-7-3-9-21(26)15-19/h1-3,5-10,13-15H,4,11-12,16,27H2,(H,28,30). The topological polar surface area (TPSA) is 75.4 Å². The minimum absolute atomic E-state index is 0.205. The summed E-state index contributed by atoms with van der Waals surface area (Å²) in [5.74, 6) is -1.71. The van der Waals surface area contributed by atoms with Crippen molar-refractivity contribution in [1.29, 1.82) is 0 Å². The zero-order valence-corrected chi connectivity index (χ0v) is 16.9. The molecule has 3 aromatic rings. The quantitative estimate of drug-likeness (QED) is 0.570. The van der Waals surface area contributed by atoms with Crippen LogP contribution in [0.5, 0.6) is 0 Å². The van der Waals surface area contributed by atoms with Crippen LogP contribution in [0.15, 0.2) is 72.8 Å². The van der Waals surface area contributed by atoms with Crippen LogP contribution in [-0.2, 0) is 6.54 Å². The Morgan fingerprint density at radius 3 is 2.19 bits per heavy atom. The highest BCUT2D eigenvalue weighted by Crippen LogP contribution is 2.17. The van der Waals surface area contributed by atoms with Gasteiger partial charge in [-0.25, -0.2) is 8.78 Å². The average molecular weight is 423 g/mol. The smallest absolute Gasteiger partial charge is 0.255 e. The molecule has 0 aromatic heterocycles. The van der Waals surface area contributed by atoms with Gasteiger partial charge in [-0.05, 0) is 67.1 Å². The lowest BCUT2D eigenvalue weighted by molar-refractivity contribution is 0.0741. The number of rotatable bonds is 8. The van der Waals surface area contributed by atoms with Gasteiger partial charge in [0.15, 0.2) is 0 Å². The van der Waals surface area contributed by atoms with Crippen LogP contribution >= 0.6 is 0 Å². The second-order valence-corrected chi connectivity index (χ2v) is 7.04. The first-order valence-corrected chi connectivity index (χ1v) is 9.87. The number of anilines is 1. The van der Waals surface area contributed by atoms with E-state index in [1.165, 1.54) is 36.4 Å². The fraction of sp³-hybridized carbons (Fsp3) is 0.167. The van der Waals surface area contributed by atoms with Crippen molar-refractivity contribution in [2.45, 2.75) is 13.0 Å². The number of hydrogen-bond acceptors (Lipinski definition) is 3. The molecule has 31 heavy (non-hydrogen) atoms. The van der Waals surface area contributed by atoms with Crippen molar-refractivity contribution in [3.8, 4) is 0 Å². The van der Waals surface area contributed by atoms with Gasteiger partial charge >= 0.3 is 0 Å². The molecule has 0 spiro atoms. The van der Waals surface area contributed by atoms with Crippen LogP contribution in [0.1, 0.15) is 32.7 Å². The number of halogens is 2. The van der Waals surface area contributed by atoms with Gasteiger partial charge in [0.05, 0.1) is 0 Å². The SMILES string of the molecule is NCCCN(Cc1cccc(NC(=O)c2cccc(F)c2)c1)C(=O)c1cccc(F)c1. The summed E-state index contributed by atoms with van der Waals surface area (Å²) < 4.78 is 26.9. The largest absolute Gasteiger partial charge is 0.334 e. The maximum absolute atomic E-state index is 13.6. The highest BCUT2D eigenvalue weighted by atomic mass is 19.1. The van der Waals surface area contributed by atoms with Crippen LogP contribution in [0.4, 0.5) is 14.5 Å². The summed E-state index contributed by atoms with van der Waals surface area (Å²) in [6.45, 7) is 1.08. The molecular formula is C24H23F2N3O2. The van der Waals surface area contributed by atoms with E-state index < -0.39 is 17.5 Å². The van der Waals surface area contributed by atoms with Crippen LogP contribution < -0.4 is 11.1 Å². The predicted octanol–water partition coefficient (Wildman–Crippen LogP) is 4.21. The van der Waals surface area contributed by atoms with Crippen molar-refractivity contribution in [2.75, 3.05) is 18.4 Å². The molecule has 3 N–H and O–H groups in total. The normalized spacial score (nSPS) is 10.5. The molecule has 160 valence electrons. The van der Waals surface area contributed by atoms with E-state index in [1.807, 2.05) is 6.07 Å². The highest BCUT2D eigenvalue weighted by Gasteiger charge is 2.17. The van der Waals surface area contributed by atoms with Crippen molar-refractivity contribution in [3.05, 3.63) is 101 Å². The Labute approximate surface area is 179 Å². The molecule has 2 amide bonds. The number of carbonyl (C=O) groups is 2. The third-order valence-electron chi connectivity index (χ3n) is 4.64. The third-order valence-corrected chi connectivity index (χ3v) is 4.64. The second-order valence-electron chi connectivity index (χ2n) is 7.04. The van der Waals surface area contributed by atoms with E-state index in [0.29, 0.717) is 25.2 Å². The van der Waals surface area contributed by atoms with Crippen LogP contribution in [0, 0.1) is 11.6 Å². The fourth-order valence-corrected chi connectivity index (χ4v) is 3.14. The Hall–Kier alpha value is -3.58. The average Bonchev–Trinajstić information content (AvgIpc) is 2.76. The van der Waals surface area contributed by atoms with E-state index in [-0.39, 0.29) is 23.6 Å². The molecule has 3 rings (SSSR count). The first-order valence-electron chi connectivity index (χ1n) is 9.87. The predicted molar refractivity (Wildman–Crippen MR) is 116 cm³/mol. The maximum atomic E-state index is 13.6. The van der Waals surface area contributed by atoms with Gasteiger partial charge in [-0.15, -0.1) is 0 Å². The first kappa shape index (κ1) is 22.1. The second kappa shape index (κ2) is 10.4. The Morgan fingerprint density at radius 2 is 1.52 bits per heavy atom. The summed E-state index contributed by atoms with van der Waals surface area (Å²) >= 11 is 0. The molecule has 0 saturated heterocycles. The monoisotopic (exact) mass is 423 g/mol. The lowest BCUT2D eigenvalue weighted by Crippen LogP contribution is -2.32. The molecule has 0 atom stereocenters. The Bertz CT molecular complexity index is 1070. The Kier molecular flexibility index (Phi) is 7.45. The molecule has 0 saturated carbocycles. The van der Waals surface area contributed by atoms with Gasteiger partial charge in [0, 0.05) is 29.9 Å². The molecule has 7 heteroatoms. The van der Waals surface area contributed by atoms with Crippen molar-refractivity contribution in [3.63, 3.8) is 0 Å². The number of nitrogens with two attached hydrogens (primary N) is 1. The lowest BCUT2D eigenvalue weighted by Gasteiger charge is -2.23. The van der Waals surface area contributed by atoms with E-state index in [4.69, 9.17) is 5.73 Å². The van der Waals surface area contributed by atoms with Gasteiger partial charge in [-0.3, -0.25) is 9.59 Å². The summed E-state index contributed by atoms with van der Waals surface area (Å²) in [6.07, 6.45) is 0.594. The van der Waals surface area contributed by atoms with E-state index >= 15 is 0 Å². The number of nitrogens with zero attached hydrogens (tertiary/aromatic N) is 1. The van der Waals surface area contributed by atoms with Gasteiger partial charge in [-0.2, -0.15) is 0 Å². The summed E-state index contributed by atoms with van der Waals surface area (Å²) in [6, 6.07) is 18.0. The van der Waals surface area contributed by atoms with E-state index in [2.05, 4.69) is 5.32 Å². The molecular weight excluding hydrogens is 400 g/mol. The lowest BCUT2D eigenvalue weighted by atomic mass is 10.1. The maximum Gasteiger partial charge on any atom is 0.255 e. The van der Waals surface area contributed by atoms with Crippen LogP contribution in [0.25, 0.3) is 0 Å². The first-order chi connectivity index (χ1) is 15.0. The molecule has 3 aromatic carbocycles. The van der Waals surface area contributed by atoms with Crippen molar-refractivity contribution >= 4 is 17.5 Å². The summed E-state index contributed by atoms with van der Waals surface area (Å²) in [4.78, 5) is 26.9. The zero-order chi connectivity index (χ0) is 22.2. The molecule has 0 aliphatic heterocycles. The number of nitrogens with one attached hydrogen (secondary N) is 1. The molecule has 0 unspecified atom stereocenters. The van der Waals surface area contributed by atoms with Crippen LogP contribution in [0.2, 0.25) is 0 Å². The van der Waals surface area contributed by atoms with Crippen LogP contribution in [-0.4, -0.2) is 29.8 Å². The molecule has 0 radical (unpaired) electrons. The summed E-state index contributed by atoms with van der Waals surface area (Å²) in [5.41, 5.74) is 7.36. The van der Waals surface area contributed by atoms with Gasteiger partial charge in [0.1, 0.15) is 11.6 Å². The molecule has 0 aliphatic rings. The number of benzene rings is 3. The molecule has 0 fully saturated rings. The zero-order valence-electron chi connectivity index (χ0n) is 16.9. The Balaban J connectivity index is 1.75. The van der Waals surface area contributed by atoms with Crippen molar-refractivity contribution < 1.29 is 18.4 Å². The molecule has 0 aliphatic carbocycles. The molecule has 0 bridgehead atoms. The minimum atomic E-state index is -0.493. The summed E-state index contributed by atoms with van der Waals surface area (Å²) in [7, 11) is 0. The fourth-order valence-electron chi connectivity index (χ4n) is 3.14. The van der Waals surface area contributed by atoms with Crippen molar-refractivity contribution in [1.82, 2.24) is 4.90 Å². The number of amides is 2. The summed E-state index contributed by atoms with van der Waals surface area (Å²) in [5, 5.41) is 2.73. The molecule has 5 nitrogen and oxygen atoms in total. The third kappa shape index (κ3) is 6.20. The highest BCUT2D eigenvalue weighted by molar-refractivity contribution is 6.04. The van der Waals surface area contributed by atoms with E-state index in [1.54, 1.807) is 29.2 Å². The van der Waals surface area contributed by atoms with Crippen LogP contribution in [0.3, 0.4) is 0 Å². The van der Waals surface area contributed by atoms with Crippen molar-refractivity contribution in [2.24, 2.45) is 5.73 Å². The van der Waals surface area contributed by atoms with Gasteiger partial charge < -0.3 is 16.0 Å². The van der Waals surface area contributed by atoms with Gasteiger partial charge in [0.25, 0.3) is 11.8 Å². The molecule has 0 heterocycles.